The molecule has 3 nitrogen and oxygen atoms in total. The third-order valence-corrected chi connectivity index (χ3v) is 3.79. The highest BCUT2D eigenvalue weighted by atomic mass is 16.5. The van der Waals surface area contributed by atoms with Gasteiger partial charge in [-0.3, -0.25) is 0 Å². The summed E-state index contributed by atoms with van der Waals surface area (Å²) in [5, 5.41) is 0.859. The van der Waals surface area contributed by atoms with Gasteiger partial charge in [-0.15, -0.1) is 0 Å². The minimum atomic E-state index is -0.346. The monoisotopic (exact) mass is 308 g/mol. The smallest absolute Gasteiger partial charge is 0.336 e. The van der Waals surface area contributed by atoms with Crippen molar-refractivity contribution < 1.29 is 9.15 Å². The van der Waals surface area contributed by atoms with Gasteiger partial charge in [0.15, 0.2) is 0 Å². The zero-order valence-corrected chi connectivity index (χ0v) is 13.5. The molecule has 0 aliphatic carbocycles. The molecule has 0 atom stereocenters. The molecule has 0 bridgehead atoms. The van der Waals surface area contributed by atoms with E-state index < -0.39 is 0 Å². The Morgan fingerprint density at radius 1 is 1.09 bits per heavy atom. The molecule has 0 spiro atoms. The molecular formula is C20H20O3. The van der Waals surface area contributed by atoms with E-state index in [2.05, 4.69) is 6.92 Å². The number of hydrogen-bond donors (Lipinski definition) is 0. The van der Waals surface area contributed by atoms with Gasteiger partial charge in [0.25, 0.3) is 0 Å². The molecular weight excluding hydrogens is 288 g/mol. The number of ether oxygens (including phenoxy) is 1. The standard InChI is InChI=1S/C20H20O3/c1-3-4-10-22-17-11-14(2)12-18-20(17)16(13-19(21)23-18)15-8-6-5-7-9-15/h5-9,11-13H,3-4,10H2,1-2H3. The predicted molar refractivity (Wildman–Crippen MR) is 93.1 cm³/mol. The van der Waals surface area contributed by atoms with Crippen molar-refractivity contribution in [1.29, 1.82) is 0 Å². The minimum Gasteiger partial charge on any atom is -0.493 e. The van der Waals surface area contributed by atoms with E-state index in [1.165, 1.54) is 0 Å². The molecule has 23 heavy (non-hydrogen) atoms. The highest BCUT2D eigenvalue weighted by molar-refractivity contribution is 5.98. The second-order valence-corrected chi connectivity index (χ2v) is 5.68. The molecule has 2 aromatic carbocycles. The molecule has 0 saturated heterocycles. The molecule has 1 aromatic heterocycles. The van der Waals surface area contributed by atoms with E-state index in [-0.39, 0.29) is 5.63 Å². The van der Waals surface area contributed by atoms with E-state index in [0.29, 0.717) is 12.2 Å². The van der Waals surface area contributed by atoms with Crippen molar-refractivity contribution in [2.24, 2.45) is 0 Å². The van der Waals surface area contributed by atoms with Crippen molar-refractivity contribution in [3.63, 3.8) is 0 Å². The Bertz CT molecular complexity index is 863. The van der Waals surface area contributed by atoms with Gasteiger partial charge in [-0.2, -0.15) is 0 Å². The summed E-state index contributed by atoms with van der Waals surface area (Å²) >= 11 is 0. The normalized spacial score (nSPS) is 10.9. The molecule has 0 saturated carbocycles. The quantitative estimate of drug-likeness (QED) is 0.494. The highest BCUT2D eigenvalue weighted by Crippen LogP contribution is 2.35. The molecule has 3 rings (SSSR count). The Hall–Kier alpha value is -2.55. The second-order valence-electron chi connectivity index (χ2n) is 5.68. The number of aryl methyl sites for hydroxylation is 1. The molecule has 0 aliphatic rings. The molecule has 1 heterocycles. The Balaban J connectivity index is 2.24. The van der Waals surface area contributed by atoms with Crippen molar-refractivity contribution >= 4 is 11.0 Å². The van der Waals surface area contributed by atoms with Gasteiger partial charge in [0, 0.05) is 11.6 Å². The average molecular weight is 308 g/mol. The summed E-state index contributed by atoms with van der Waals surface area (Å²) in [6.45, 7) is 4.76. The molecule has 0 radical (unpaired) electrons. The fourth-order valence-corrected chi connectivity index (χ4v) is 2.68. The number of unbranched alkanes of at least 4 members (excludes halogenated alkanes) is 1. The molecule has 118 valence electrons. The zero-order valence-electron chi connectivity index (χ0n) is 13.5. The number of benzene rings is 2. The number of fused-ring (bicyclic) bond motifs is 1. The minimum absolute atomic E-state index is 0.346. The maximum Gasteiger partial charge on any atom is 0.336 e. The summed E-state index contributed by atoms with van der Waals surface area (Å²) in [5.74, 6) is 0.774. The first-order valence-electron chi connectivity index (χ1n) is 7.96. The van der Waals surface area contributed by atoms with Crippen molar-refractivity contribution in [2.45, 2.75) is 26.7 Å². The SMILES string of the molecule is CCCCOc1cc(C)cc2oc(=O)cc(-c3ccccc3)c12. The lowest BCUT2D eigenvalue weighted by molar-refractivity contribution is 0.312. The van der Waals surface area contributed by atoms with Crippen molar-refractivity contribution in [3.8, 4) is 16.9 Å². The van der Waals surface area contributed by atoms with Gasteiger partial charge < -0.3 is 9.15 Å². The van der Waals surface area contributed by atoms with E-state index in [1.54, 1.807) is 6.07 Å². The van der Waals surface area contributed by atoms with E-state index in [9.17, 15) is 4.79 Å². The molecule has 0 amide bonds. The first-order valence-corrected chi connectivity index (χ1v) is 7.96. The molecule has 0 fully saturated rings. The second kappa shape index (κ2) is 6.69. The van der Waals surface area contributed by atoms with Crippen LogP contribution < -0.4 is 10.4 Å². The maximum atomic E-state index is 12.0. The predicted octanol–water partition coefficient (Wildman–Crippen LogP) is 4.95. The van der Waals surface area contributed by atoms with Crippen LogP contribution in [-0.2, 0) is 0 Å². The number of rotatable bonds is 5. The molecule has 0 unspecified atom stereocenters. The Morgan fingerprint density at radius 2 is 1.87 bits per heavy atom. The lowest BCUT2D eigenvalue weighted by atomic mass is 10.0. The van der Waals surface area contributed by atoms with Crippen LogP contribution in [0.4, 0.5) is 0 Å². The summed E-state index contributed by atoms with van der Waals surface area (Å²) in [7, 11) is 0. The lowest BCUT2D eigenvalue weighted by Gasteiger charge is -2.13. The Kier molecular flexibility index (Phi) is 4.47. The van der Waals surface area contributed by atoms with Gasteiger partial charge >= 0.3 is 5.63 Å². The van der Waals surface area contributed by atoms with E-state index >= 15 is 0 Å². The maximum absolute atomic E-state index is 12.0. The summed E-state index contributed by atoms with van der Waals surface area (Å²) in [5.41, 5.74) is 3.07. The third-order valence-electron chi connectivity index (χ3n) is 3.79. The first-order chi connectivity index (χ1) is 11.2. The lowest BCUT2D eigenvalue weighted by Crippen LogP contribution is -2.02. The zero-order chi connectivity index (χ0) is 16.2. The van der Waals surface area contributed by atoms with E-state index in [4.69, 9.17) is 9.15 Å². The highest BCUT2D eigenvalue weighted by Gasteiger charge is 2.14. The van der Waals surface area contributed by atoms with Gasteiger partial charge in [0.05, 0.1) is 12.0 Å². The summed E-state index contributed by atoms with van der Waals surface area (Å²) in [6.07, 6.45) is 2.07. The molecule has 3 aromatic rings. The van der Waals surface area contributed by atoms with Crippen LogP contribution in [-0.4, -0.2) is 6.61 Å². The third kappa shape index (κ3) is 3.29. The Morgan fingerprint density at radius 3 is 2.61 bits per heavy atom. The first kappa shape index (κ1) is 15.3. The topological polar surface area (TPSA) is 39.4 Å². The van der Waals surface area contributed by atoms with Gasteiger partial charge in [-0.1, -0.05) is 43.7 Å². The largest absolute Gasteiger partial charge is 0.493 e. The van der Waals surface area contributed by atoms with Crippen molar-refractivity contribution in [1.82, 2.24) is 0 Å². The van der Waals surface area contributed by atoms with Crippen LogP contribution in [0.25, 0.3) is 22.1 Å². The van der Waals surface area contributed by atoms with E-state index in [1.807, 2.05) is 49.4 Å². The van der Waals surface area contributed by atoms with Crippen LogP contribution in [0.2, 0.25) is 0 Å². The fraction of sp³-hybridized carbons (Fsp3) is 0.250. The van der Waals surface area contributed by atoms with Crippen molar-refractivity contribution in [2.75, 3.05) is 6.61 Å². The summed E-state index contributed by atoms with van der Waals surface area (Å²) < 4.78 is 11.4. The van der Waals surface area contributed by atoms with Crippen LogP contribution in [0.15, 0.2) is 57.7 Å². The van der Waals surface area contributed by atoms with Gasteiger partial charge in [0.2, 0.25) is 0 Å². The van der Waals surface area contributed by atoms with Crippen LogP contribution in [0.1, 0.15) is 25.3 Å². The molecule has 0 aliphatic heterocycles. The van der Waals surface area contributed by atoms with Crippen LogP contribution in [0, 0.1) is 6.92 Å². The van der Waals surface area contributed by atoms with Crippen LogP contribution in [0.5, 0.6) is 5.75 Å². The van der Waals surface area contributed by atoms with Crippen LogP contribution in [0.3, 0.4) is 0 Å². The molecule has 0 N–H and O–H groups in total. The Labute approximate surface area is 135 Å². The average Bonchev–Trinajstić information content (AvgIpc) is 2.54. The molecule has 3 heteroatoms. The van der Waals surface area contributed by atoms with Gasteiger partial charge in [0.1, 0.15) is 11.3 Å². The summed E-state index contributed by atoms with van der Waals surface area (Å²) in [6, 6.07) is 15.3. The summed E-state index contributed by atoms with van der Waals surface area (Å²) in [4.78, 5) is 12.0. The van der Waals surface area contributed by atoms with Gasteiger partial charge in [-0.25, -0.2) is 4.79 Å². The van der Waals surface area contributed by atoms with Gasteiger partial charge in [-0.05, 0) is 36.6 Å². The van der Waals surface area contributed by atoms with E-state index in [0.717, 1.165) is 40.7 Å². The number of hydrogen-bond acceptors (Lipinski definition) is 3. The van der Waals surface area contributed by atoms with Crippen LogP contribution >= 0.6 is 0 Å². The van der Waals surface area contributed by atoms with Crippen molar-refractivity contribution in [3.05, 3.63) is 64.5 Å². The fourth-order valence-electron chi connectivity index (χ4n) is 2.68.